The number of rotatable bonds is 2. The van der Waals surface area contributed by atoms with E-state index in [4.69, 9.17) is 9.47 Å². The van der Waals surface area contributed by atoms with E-state index in [1.54, 1.807) is 0 Å². The number of ketones is 1. The molecule has 3 heterocycles. The highest BCUT2D eigenvalue weighted by atomic mass is 16.7. The molecule has 6 nitrogen and oxygen atoms in total. The molecule has 1 aromatic rings. The highest BCUT2D eigenvalue weighted by molar-refractivity contribution is 6.05. The van der Waals surface area contributed by atoms with Crippen LogP contribution in [-0.2, 0) is 9.59 Å². The number of allylic oxidation sites excluding steroid dienone is 3. The summed E-state index contributed by atoms with van der Waals surface area (Å²) in [4.78, 5) is 29.1. The van der Waals surface area contributed by atoms with E-state index in [1.165, 1.54) is 0 Å². The first kappa shape index (κ1) is 20.2. The van der Waals surface area contributed by atoms with E-state index in [9.17, 15) is 9.59 Å². The number of likely N-dealkylation sites (tertiary alicyclic amines) is 1. The van der Waals surface area contributed by atoms with Gasteiger partial charge in [-0.1, -0.05) is 19.9 Å². The molecule has 0 radical (unpaired) electrons. The first-order valence-corrected chi connectivity index (χ1v) is 11.3. The van der Waals surface area contributed by atoms with E-state index < -0.39 is 0 Å². The fourth-order valence-corrected chi connectivity index (χ4v) is 5.41. The van der Waals surface area contributed by atoms with E-state index >= 15 is 0 Å². The van der Waals surface area contributed by atoms with Crippen LogP contribution in [0.2, 0.25) is 0 Å². The minimum absolute atomic E-state index is 0.0385. The number of amides is 1. The Morgan fingerprint density at radius 1 is 1.10 bits per heavy atom. The zero-order valence-corrected chi connectivity index (χ0v) is 18.5. The number of Topliss-reactive ketones (excluding diaryl/α,β-unsaturated/α-hetero) is 1. The Labute approximate surface area is 183 Å². The molecular formula is C25H30N2O4. The molecule has 5 rings (SSSR count). The minimum Gasteiger partial charge on any atom is -0.454 e. The number of fused-ring (bicyclic) bond motifs is 1. The molecule has 164 valence electrons. The molecule has 1 aromatic carbocycles. The molecule has 0 saturated carbocycles. The lowest BCUT2D eigenvalue weighted by Gasteiger charge is -2.41. The van der Waals surface area contributed by atoms with E-state index in [1.807, 2.05) is 30.0 Å². The SMILES string of the molecule is CC1=C(C(=O)N2CCCCC2)C(c2ccc3c(c2)OCO3)C2=C(CC(C)(C)CC2=O)N1. The van der Waals surface area contributed by atoms with Crippen molar-refractivity contribution in [2.45, 2.75) is 58.8 Å². The van der Waals surface area contributed by atoms with E-state index in [0.29, 0.717) is 23.5 Å². The van der Waals surface area contributed by atoms with Gasteiger partial charge in [-0.15, -0.1) is 0 Å². The van der Waals surface area contributed by atoms with Gasteiger partial charge < -0.3 is 19.7 Å². The number of piperidine rings is 1. The van der Waals surface area contributed by atoms with Crippen molar-refractivity contribution in [1.82, 2.24) is 10.2 Å². The second-order valence-electron chi connectivity index (χ2n) is 9.90. The van der Waals surface area contributed by atoms with Crippen LogP contribution in [0.25, 0.3) is 0 Å². The number of hydrogen-bond acceptors (Lipinski definition) is 5. The summed E-state index contributed by atoms with van der Waals surface area (Å²) in [5.41, 5.74) is 4.04. The molecule has 1 unspecified atom stereocenters. The Morgan fingerprint density at radius 2 is 1.84 bits per heavy atom. The molecule has 6 heteroatoms. The molecule has 1 N–H and O–H groups in total. The Kier molecular flexibility index (Phi) is 4.83. The summed E-state index contributed by atoms with van der Waals surface area (Å²) in [7, 11) is 0. The van der Waals surface area contributed by atoms with Crippen molar-refractivity contribution in [1.29, 1.82) is 0 Å². The van der Waals surface area contributed by atoms with Crippen molar-refractivity contribution in [3.05, 3.63) is 46.3 Å². The highest BCUT2D eigenvalue weighted by Crippen LogP contribution is 2.48. The van der Waals surface area contributed by atoms with Gasteiger partial charge in [0.1, 0.15) is 0 Å². The molecule has 1 amide bonds. The summed E-state index contributed by atoms with van der Waals surface area (Å²) < 4.78 is 11.1. The molecule has 0 aromatic heterocycles. The third-order valence-corrected chi connectivity index (χ3v) is 6.84. The number of benzene rings is 1. The number of nitrogens with one attached hydrogen (secondary N) is 1. The predicted molar refractivity (Wildman–Crippen MR) is 117 cm³/mol. The summed E-state index contributed by atoms with van der Waals surface area (Å²) in [5, 5.41) is 3.46. The van der Waals surface area contributed by atoms with Crippen LogP contribution < -0.4 is 14.8 Å². The lowest BCUT2D eigenvalue weighted by Crippen LogP contribution is -2.43. The lowest BCUT2D eigenvalue weighted by molar-refractivity contribution is -0.128. The standard InChI is InChI=1S/C25H30N2O4/c1-15-21(24(29)27-9-5-4-6-10-27)22(16-7-8-19-20(11-16)31-14-30-19)23-17(26-15)12-25(2,3)13-18(23)28/h7-8,11,22,26H,4-6,9-10,12-14H2,1-3H3. The smallest absolute Gasteiger partial charge is 0.252 e. The number of nitrogens with zero attached hydrogens (tertiary/aromatic N) is 1. The molecule has 1 aliphatic carbocycles. The summed E-state index contributed by atoms with van der Waals surface area (Å²) in [6.45, 7) is 7.96. The average molecular weight is 423 g/mol. The summed E-state index contributed by atoms with van der Waals surface area (Å²) in [5.74, 6) is 1.15. The fraction of sp³-hybridized carbons (Fsp3) is 0.520. The number of dihydropyridines is 1. The van der Waals surface area contributed by atoms with Gasteiger partial charge in [0.05, 0.1) is 0 Å². The van der Waals surface area contributed by atoms with Gasteiger partial charge in [0, 0.05) is 48.0 Å². The van der Waals surface area contributed by atoms with Crippen LogP contribution in [0.5, 0.6) is 11.5 Å². The van der Waals surface area contributed by atoms with Gasteiger partial charge in [-0.2, -0.15) is 0 Å². The molecular weight excluding hydrogens is 392 g/mol. The quantitative estimate of drug-likeness (QED) is 0.779. The normalized spacial score (nSPS) is 24.8. The van der Waals surface area contributed by atoms with Gasteiger partial charge in [-0.05, 0) is 55.7 Å². The summed E-state index contributed by atoms with van der Waals surface area (Å²) >= 11 is 0. The van der Waals surface area contributed by atoms with E-state index in [-0.39, 0.29) is 29.8 Å². The Morgan fingerprint density at radius 3 is 2.61 bits per heavy atom. The predicted octanol–water partition coefficient (Wildman–Crippen LogP) is 4.03. The molecule has 31 heavy (non-hydrogen) atoms. The van der Waals surface area contributed by atoms with Gasteiger partial charge >= 0.3 is 0 Å². The molecule has 0 spiro atoms. The number of ether oxygens (including phenoxy) is 2. The zero-order chi connectivity index (χ0) is 21.8. The molecule has 1 saturated heterocycles. The second kappa shape index (κ2) is 7.43. The number of carbonyl (C=O) groups excluding carboxylic acids is 2. The van der Waals surface area contributed by atoms with Gasteiger partial charge in [0.25, 0.3) is 5.91 Å². The monoisotopic (exact) mass is 422 g/mol. The third-order valence-electron chi connectivity index (χ3n) is 6.84. The van der Waals surface area contributed by atoms with Crippen LogP contribution in [0.1, 0.15) is 64.4 Å². The molecule has 1 atom stereocenters. The van der Waals surface area contributed by atoms with Crippen molar-refractivity contribution >= 4 is 11.7 Å². The molecule has 1 fully saturated rings. The fourth-order valence-electron chi connectivity index (χ4n) is 5.41. The molecule has 3 aliphatic heterocycles. The maximum atomic E-state index is 13.7. The van der Waals surface area contributed by atoms with Crippen LogP contribution in [0.3, 0.4) is 0 Å². The van der Waals surface area contributed by atoms with Gasteiger partial charge in [0.15, 0.2) is 17.3 Å². The maximum absolute atomic E-state index is 13.7. The van der Waals surface area contributed by atoms with Crippen LogP contribution in [0.15, 0.2) is 40.7 Å². The molecule has 0 bridgehead atoms. The Bertz CT molecular complexity index is 1010. The van der Waals surface area contributed by atoms with Gasteiger partial charge in [-0.25, -0.2) is 0 Å². The summed E-state index contributed by atoms with van der Waals surface area (Å²) in [6.07, 6.45) is 4.49. The van der Waals surface area contributed by atoms with Gasteiger partial charge in [0.2, 0.25) is 6.79 Å². The van der Waals surface area contributed by atoms with Crippen molar-refractivity contribution in [2.24, 2.45) is 5.41 Å². The zero-order valence-electron chi connectivity index (χ0n) is 18.5. The van der Waals surface area contributed by atoms with E-state index in [2.05, 4.69) is 19.2 Å². The molecule has 4 aliphatic rings. The first-order chi connectivity index (χ1) is 14.8. The van der Waals surface area contributed by atoms with E-state index in [0.717, 1.165) is 61.3 Å². The lowest BCUT2D eigenvalue weighted by atomic mass is 9.68. The topological polar surface area (TPSA) is 67.9 Å². The minimum atomic E-state index is -0.385. The largest absolute Gasteiger partial charge is 0.454 e. The van der Waals surface area contributed by atoms with Crippen molar-refractivity contribution in [2.75, 3.05) is 19.9 Å². The summed E-state index contributed by atoms with van der Waals surface area (Å²) in [6, 6.07) is 5.79. The first-order valence-electron chi connectivity index (χ1n) is 11.3. The highest BCUT2D eigenvalue weighted by Gasteiger charge is 2.43. The Balaban J connectivity index is 1.63. The van der Waals surface area contributed by atoms with Crippen LogP contribution in [0.4, 0.5) is 0 Å². The third kappa shape index (κ3) is 3.52. The average Bonchev–Trinajstić information content (AvgIpc) is 3.20. The van der Waals surface area contributed by atoms with Crippen molar-refractivity contribution < 1.29 is 19.1 Å². The number of hydrogen-bond donors (Lipinski definition) is 1. The van der Waals surface area contributed by atoms with Crippen molar-refractivity contribution in [3.63, 3.8) is 0 Å². The Hall–Kier alpha value is -2.76. The van der Waals surface area contributed by atoms with Crippen LogP contribution >= 0.6 is 0 Å². The van der Waals surface area contributed by atoms with Crippen LogP contribution in [0, 0.1) is 5.41 Å². The number of carbonyl (C=O) groups is 2. The van der Waals surface area contributed by atoms with Gasteiger partial charge in [-0.3, -0.25) is 9.59 Å². The maximum Gasteiger partial charge on any atom is 0.252 e. The van der Waals surface area contributed by atoms with Crippen molar-refractivity contribution in [3.8, 4) is 11.5 Å². The second-order valence-corrected chi connectivity index (χ2v) is 9.90. The van der Waals surface area contributed by atoms with Crippen LogP contribution in [-0.4, -0.2) is 36.5 Å².